The Morgan fingerprint density at radius 1 is 0.900 bits per heavy atom. The Morgan fingerprint density at radius 2 is 1.45 bits per heavy atom. The van der Waals surface area contributed by atoms with E-state index in [1.54, 1.807) is 24.0 Å². The lowest BCUT2D eigenvalue weighted by atomic mass is 9.99. The van der Waals surface area contributed by atoms with Gasteiger partial charge >= 0.3 is 0 Å². The van der Waals surface area contributed by atoms with Gasteiger partial charge in [0.2, 0.25) is 5.91 Å². The van der Waals surface area contributed by atoms with Gasteiger partial charge < -0.3 is 26.4 Å². The van der Waals surface area contributed by atoms with Crippen molar-refractivity contribution >= 4 is 17.7 Å². The summed E-state index contributed by atoms with van der Waals surface area (Å²) in [5.74, 6) is -1.47. The number of hydrogen-bond donors (Lipinski definition) is 3. The molecule has 0 saturated heterocycles. The molecule has 9 heteroatoms. The van der Waals surface area contributed by atoms with Crippen molar-refractivity contribution in [3.8, 4) is 0 Å². The van der Waals surface area contributed by atoms with Gasteiger partial charge in [-0.15, -0.1) is 0 Å². The summed E-state index contributed by atoms with van der Waals surface area (Å²) in [6.45, 7) is 11.1. The molecule has 220 valence electrons. The molecule has 2 atom stereocenters. The zero-order valence-corrected chi connectivity index (χ0v) is 24.5. The predicted octanol–water partition coefficient (Wildman–Crippen LogP) is 3.91. The van der Waals surface area contributed by atoms with Crippen LogP contribution in [0.2, 0.25) is 0 Å². The van der Waals surface area contributed by atoms with E-state index in [4.69, 9.17) is 11.5 Å². The molecule has 40 heavy (non-hydrogen) atoms. The van der Waals surface area contributed by atoms with E-state index in [2.05, 4.69) is 0 Å². The fourth-order valence-corrected chi connectivity index (χ4v) is 4.53. The third-order valence-electron chi connectivity index (χ3n) is 6.84. The van der Waals surface area contributed by atoms with Crippen LogP contribution in [0.3, 0.4) is 0 Å². The molecule has 0 heterocycles. The summed E-state index contributed by atoms with van der Waals surface area (Å²) in [4.78, 5) is 42.4. The number of carbonyl (C=O) groups is 3. The smallest absolute Gasteiger partial charge is 0.253 e. The van der Waals surface area contributed by atoms with Crippen LogP contribution < -0.4 is 11.5 Å². The fourth-order valence-electron chi connectivity index (χ4n) is 4.53. The molecule has 0 saturated carbocycles. The molecule has 2 rings (SSSR count). The molecule has 0 aliphatic heterocycles. The SMILES string of the molecule is CCCN(CCC)C(=O)c1cc(C(N)=O)cc(C(=O)N(CCC(C)C)C[C@@H](O)[C@@H](N)Cc2ccc(F)c(C)c2)c1. The second-order valence-corrected chi connectivity index (χ2v) is 10.9. The van der Waals surface area contributed by atoms with Gasteiger partial charge in [0.15, 0.2) is 0 Å². The maximum absolute atomic E-state index is 13.8. The number of nitrogens with two attached hydrogens (primary N) is 2. The Morgan fingerprint density at radius 3 is 1.95 bits per heavy atom. The lowest BCUT2D eigenvalue weighted by Gasteiger charge is -2.29. The lowest BCUT2D eigenvalue weighted by Crippen LogP contribution is -2.47. The number of benzene rings is 2. The third-order valence-corrected chi connectivity index (χ3v) is 6.84. The van der Waals surface area contributed by atoms with Gasteiger partial charge in [0.25, 0.3) is 11.8 Å². The molecule has 0 fully saturated rings. The lowest BCUT2D eigenvalue weighted by molar-refractivity contribution is 0.0563. The van der Waals surface area contributed by atoms with Crippen molar-refractivity contribution in [2.24, 2.45) is 17.4 Å². The number of rotatable bonds is 15. The van der Waals surface area contributed by atoms with E-state index in [0.717, 1.165) is 18.4 Å². The Balaban J connectivity index is 2.36. The monoisotopic (exact) mass is 556 g/mol. The van der Waals surface area contributed by atoms with Crippen LogP contribution in [-0.4, -0.2) is 71.0 Å². The van der Waals surface area contributed by atoms with Crippen LogP contribution in [0.4, 0.5) is 4.39 Å². The Bertz CT molecular complexity index is 1160. The summed E-state index contributed by atoms with van der Waals surface area (Å²) in [6, 6.07) is 8.29. The first-order valence-corrected chi connectivity index (χ1v) is 14.1. The first kappa shape index (κ1) is 32.9. The predicted molar refractivity (Wildman–Crippen MR) is 156 cm³/mol. The molecule has 0 spiro atoms. The molecule has 5 N–H and O–H groups in total. The van der Waals surface area contributed by atoms with Gasteiger partial charge in [-0.1, -0.05) is 39.8 Å². The molecular formula is C31H45FN4O4. The quantitative estimate of drug-likeness (QED) is 0.306. The van der Waals surface area contributed by atoms with Crippen molar-refractivity contribution < 1.29 is 23.9 Å². The summed E-state index contributed by atoms with van der Waals surface area (Å²) < 4.78 is 13.7. The highest BCUT2D eigenvalue weighted by Gasteiger charge is 2.26. The minimum absolute atomic E-state index is 0.0469. The van der Waals surface area contributed by atoms with E-state index < -0.39 is 24.0 Å². The van der Waals surface area contributed by atoms with E-state index in [0.29, 0.717) is 38.0 Å². The zero-order chi connectivity index (χ0) is 30.0. The van der Waals surface area contributed by atoms with Gasteiger partial charge in [0, 0.05) is 48.9 Å². The average molecular weight is 557 g/mol. The highest BCUT2D eigenvalue weighted by molar-refractivity contribution is 6.04. The van der Waals surface area contributed by atoms with E-state index in [-0.39, 0.29) is 40.9 Å². The van der Waals surface area contributed by atoms with Crippen LogP contribution in [0.15, 0.2) is 36.4 Å². The third kappa shape index (κ3) is 9.41. The highest BCUT2D eigenvalue weighted by atomic mass is 19.1. The van der Waals surface area contributed by atoms with Gasteiger partial charge in [0.1, 0.15) is 5.82 Å². The summed E-state index contributed by atoms with van der Waals surface area (Å²) in [5, 5.41) is 11.0. The van der Waals surface area contributed by atoms with Crippen molar-refractivity contribution in [1.82, 2.24) is 9.80 Å². The summed E-state index contributed by atoms with van der Waals surface area (Å²) in [7, 11) is 0. The first-order chi connectivity index (χ1) is 18.9. The van der Waals surface area contributed by atoms with Gasteiger partial charge in [-0.3, -0.25) is 14.4 Å². The normalized spacial score (nSPS) is 12.7. The molecular weight excluding hydrogens is 511 g/mol. The molecule has 0 radical (unpaired) electrons. The van der Waals surface area contributed by atoms with Crippen LogP contribution in [0.1, 0.15) is 89.2 Å². The number of aliphatic hydroxyl groups is 1. The maximum Gasteiger partial charge on any atom is 0.253 e. The van der Waals surface area contributed by atoms with Gasteiger partial charge in [-0.05, 0) is 73.9 Å². The molecule has 0 aliphatic rings. The van der Waals surface area contributed by atoms with Crippen molar-refractivity contribution in [2.75, 3.05) is 26.2 Å². The van der Waals surface area contributed by atoms with E-state index >= 15 is 0 Å². The fraction of sp³-hybridized carbons (Fsp3) is 0.516. The molecule has 0 bridgehead atoms. The van der Waals surface area contributed by atoms with Crippen LogP contribution in [0.5, 0.6) is 0 Å². The molecule has 0 aliphatic carbocycles. The topological polar surface area (TPSA) is 130 Å². The number of halogens is 1. The molecule has 2 aromatic carbocycles. The Hall–Kier alpha value is -3.30. The van der Waals surface area contributed by atoms with Crippen molar-refractivity contribution in [2.45, 2.75) is 72.4 Å². The maximum atomic E-state index is 13.8. The highest BCUT2D eigenvalue weighted by Crippen LogP contribution is 2.18. The zero-order valence-electron chi connectivity index (χ0n) is 24.5. The standard InChI is InChI=1S/C31H45FN4O4/c1-6-11-35(12-7-2)30(39)24-16-23(29(34)38)17-25(18-24)31(40)36(13-10-20(3)4)19-28(37)27(33)15-22-8-9-26(32)21(5)14-22/h8-9,14,16-18,20,27-28,37H,6-7,10-13,15,19,33H2,1-5H3,(H2,34,38)/t27-,28+/m0/s1. The van der Waals surface area contributed by atoms with Crippen molar-refractivity contribution in [3.05, 3.63) is 70.0 Å². The van der Waals surface area contributed by atoms with Gasteiger partial charge in [-0.25, -0.2) is 4.39 Å². The Labute approximate surface area is 237 Å². The summed E-state index contributed by atoms with van der Waals surface area (Å²) in [6.07, 6.45) is 1.45. The second kappa shape index (κ2) is 15.5. The minimum Gasteiger partial charge on any atom is -0.390 e. The summed E-state index contributed by atoms with van der Waals surface area (Å²) in [5.41, 5.74) is 13.6. The van der Waals surface area contributed by atoms with Crippen molar-refractivity contribution in [3.63, 3.8) is 0 Å². The van der Waals surface area contributed by atoms with Crippen LogP contribution in [0, 0.1) is 18.7 Å². The van der Waals surface area contributed by atoms with Crippen LogP contribution in [0.25, 0.3) is 0 Å². The number of aryl methyl sites for hydroxylation is 1. The largest absolute Gasteiger partial charge is 0.390 e. The number of aliphatic hydroxyl groups excluding tert-OH is 1. The Kier molecular flexibility index (Phi) is 12.7. The van der Waals surface area contributed by atoms with E-state index in [9.17, 15) is 23.9 Å². The van der Waals surface area contributed by atoms with E-state index in [1.165, 1.54) is 29.2 Å². The van der Waals surface area contributed by atoms with Crippen molar-refractivity contribution in [1.29, 1.82) is 0 Å². The second-order valence-electron chi connectivity index (χ2n) is 10.9. The van der Waals surface area contributed by atoms with Gasteiger partial charge in [0.05, 0.1) is 6.10 Å². The number of primary amides is 1. The number of hydrogen-bond acceptors (Lipinski definition) is 5. The minimum atomic E-state index is -1.06. The van der Waals surface area contributed by atoms with E-state index in [1.807, 2.05) is 27.7 Å². The van der Waals surface area contributed by atoms with Crippen LogP contribution >= 0.6 is 0 Å². The molecule has 2 aromatic rings. The number of carbonyl (C=O) groups excluding carboxylic acids is 3. The van der Waals surface area contributed by atoms with Crippen LogP contribution in [-0.2, 0) is 6.42 Å². The van der Waals surface area contributed by atoms with Gasteiger partial charge in [-0.2, -0.15) is 0 Å². The first-order valence-electron chi connectivity index (χ1n) is 14.1. The average Bonchev–Trinajstić information content (AvgIpc) is 2.91. The molecule has 3 amide bonds. The number of amides is 3. The number of nitrogens with zero attached hydrogens (tertiary/aromatic N) is 2. The molecule has 8 nitrogen and oxygen atoms in total. The molecule has 0 unspecified atom stereocenters. The molecule has 0 aromatic heterocycles. The summed E-state index contributed by atoms with van der Waals surface area (Å²) >= 11 is 0.